The maximum atomic E-state index is 13.8. The molecule has 0 atom stereocenters. The topological polar surface area (TPSA) is 32.8 Å². The van der Waals surface area contributed by atoms with E-state index in [1.54, 1.807) is 17.0 Å². The number of carbonyl (C=O) groups is 1. The number of nitrogens with zero attached hydrogens (tertiary/aromatic N) is 2. The molecule has 1 aromatic carbocycles. The summed E-state index contributed by atoms with van der Waals surface area (Å²) in [7, 11) is 0. The lowest BCUT2D eigenvalue weighted by molar-refractivity contribution is -0.175. The van der Waals surface area contributed by atoms with Gasteiger partial charge in [0.15, 0.2) is 0 Å². The van der Waals surface area contributed by atoms with Crippen molar-refractivity contribution in [3.63, 3.8) is 0 Å². The molecule has 0 saturated carbocycles. The Labute approximate surface area is 148 Å². The molecule has 4 nitrogen and oxygen atoms in total. The number of carbonyl (C=O) groups excluding carboxylic acids is 1. The molecule has 1 amide bonds. The molecule has 0 spiro atoms. The molecule has 140 valence electrons. The number of rotatable bonds is 6. The number of amides is 1. The Morgan fingerprint density at radius 1 is 1.20 bits per heavy atom. The summed E-state index contributed by atoms with van der Waals surface area (Å²) in [5.41, 5.74) is 0.421. The summed E-state index contributed by atoms with van der Waals surface area (Å²) in [5.74, 6) is -0.612. The van der Waals surface area contributed by atoms with Crippen LogP contribution in [0.1, 0.15) is 12.0 Å². The normalized spacial score (nSPS) is 16.3. The largest absolute Gasteiger partial charge is 0.411 e. The number of piperazine rings is 1. The zero-order valence-electron chi connectivity index (χ0n) is 13.5. The van der Waals surface area contributed by atoms with Crippen LogP contribution in [-0.2, 0) is 16.1 Å². The van der Waals surface area contributed by atoms with E-state index < -0.39 is 12.8 Å². The molecule has 1 fully saturated rings. The van der Waals surface area contributed by atoms with Crippen LogP contribution >= 0.6 is 11.6 Å². The summed E-state index contributed by atoms with van der Waals surface area (Å²) in [5, 5.41) is 0.361. The van der Waals surface area contributed by atoms with Crippen molar-refractivity contribution in [2.45, 2.75) is 19.1 Å². The fourth-order valence-electron chi connectivity index (χ4n) is 2.57. The van der Waals surface area contributed by atoms with Crippen molar-refractivity contribution in [2.24, 2.45) is 0 Å². The van der Waals surface area contributed by atoms with Crippen molar-refractivity contribution in [3.8, 4) is 0 Å². The van der Waals surface area contributed by atoms with Gasteiger partial charge in [-0.05, 0) is 12.1 Å². The van der Waals surface area contributed by atoms with Crippen LogP contribution in [0.25, 0.3) is 0 Å². The standard InChI is InChI=1S/C16H19ClF4N2O2/c17-13-2-1-3-14(18)12(13)10-22-5-7-23(8-6-22)15(24)4-9-25-11-16(19,20)21/h1-3H,4-11H2. The predicted octanol–water partition coefficient (Wildman–Crippen LogP) is 3.09. The summed E-state index contributed by atoms with van der Waals surface area (Å²) in [6, 6.07) is 4.52. The van der Waals surface area contributed by atoms with E-state index in [0.29, 0.717) is 43.3 Å². The first-order chi connectivity index (χ1) is 11.8. The van der Waals surface area contributed by atoms with Gasteiger partial charge >= 0.3 is 6.18 Å². The average molecular weight is 383 g/mol. The second kappa shape index (κ2) is 8.82. The fraction of sp³-hybridized carbons (Fsp3) is 0.562. The zero-order valence-corrected chi connectivity index (χ0v) is 14.2. The Hall–Kier alpha value is -1.38. The molecule has 0 radical (unpaired) electrons. The van der Waals surface area contributed by atoms with Gasteiger partial charge in [-0.15, -0.1) is 0 Å². The second-order valence-corrected chi connectivity index (χ2v) is 6.18. The van der Waals surface area contributed by atoms with Gasteiger partial charge in [-0.1, -0.05) is 17.7 Å². The second-order valence-electron chi connectivity index (χ2n) is 5.77. The molecule has 0 aromatic heterocycles. The summed E-state index contributed by atoms with van der Waals surface area (Å²) >= 11 is 6.01. The highest BCUT2D eigenvalue weighted by molar-refractivity contribution is 6.31. The monoisotopic (exact) mass is 382 g/mol. The van der Waals surface area contributed by atoms with E-state index in [0.717, 1.165) is 0 Å². The molecule has 0 aliphatic carbocycles. The highest BCUT2D eigenvalue weighted by Crippen LogP contribution is 2.21. The van der Waals surface area contributed by atoms with Crippen molar-refractivity contribution in [1.82, 2.24) is 9.80 Å². The van der Waals surface area contributed by atoms with E-state index >= 15 is 0 Å². The lowest BCUT2D eigenvalue weighted by atomic mass is 10.1. The number of hydrogen-bond donors (Lipinski definition) is 0. The van der Waals surface area contributed by atoms with Crippen LogP contribution in [0, 0.1) is 5.82 Å². The molecule has 0 unspecified atom stereocenters. The first-order valence-corrected chi connectivity index (χ1v) is 8.21. The van der Waals surface area contributed by atoms with Crippen LogP contribution in [0.2, 0.25) is 5.02 Å². The Balaban J connectivity index is 1.73. The van der Waals surface area contributed by atoms with Gasteiger partial charge in [-0.25, -0.2) is 4.39 Å². The van der Waals surface area contributed by atoms with E-state index in [2.05, 4.69) is 4.74 Å². The number of halogens is 5. The maximum absolute atomic E-state index is 13.8. The van der Waals surface area contributed by atoms with Crippen LogP contribution in [-0.4, -0.2) is 61.3 Å². The smallest absolute Gasteiger partial charge is 0.372 e. The van der Waals surface area contributed by atoms with Gasteiger partial charge in [0.25, 0.3) is 0 Å². The van der Waals surface area contributed by atoms with Gasteiger partial charge in [-0.3, -0.25) is 9.69 Å². The fourth-order valence-corrected chi connectivity index (χ4v) is 2.79. The molecule has 1 aliphatic heterocycles. The molecule has 9 heteroatoms. The summed E-state index contributed by atoms with van der Waals surface area (Å²) in [6.07, 6.45) is -4.47. The summed E-state index contributed by atoms with van der Waals surface area (Å²) < 4.78 is 54.1. The minimum absolute atomic E-state index is 0.0881. The van der Waals surface area contributed by atoms with Crippen LogP contribution in [0.15, 0.2) is 18.2 Å². The van der Waals surface area contributed by atoms with Gasteiger partial charge in [0.05, 0.1) is 13.0 Å². The third kappa shape index (κ3) is 6.45. The molecule has 0 N–H and O–H groups in total. The number of hydrogen-bond acceptors (Lipinski definition) is 3. The highest BCUT2D eigenvalue weighted by Gasteiger charge is 2.28. The minimum atomic E-state index is -4.39. The van der Waals surface area contributed by atoms with Gasteiger partial charge < -0.3 is 9.64 Å². The number of ether oxygens (including phenoxy) is 1. The minimum Gasteiger partial charge on any atom is -0.372 e. The summed E-state index contributed by atoms with van der Waals surface area (Å²) in [4.78, 5) is 15.5. The van der Waals surface area contributed by atoms with Crippen molar-refractivity contribution in [2.75, 3.05) is 39.4 Å². The molecule has 0 bridgehead atoms. The van der Waals surface area contributed by atoms with Gasteiger partial charge in [0, 0.05) is 43.3 Å². The van der Waals surface area contributed by atoms with E-state index in [1.807, 2.05) is 4.90 Å². The van der Waals surface area contributed by atoms with Crippen LogP contribution in [0.3, 0.4) is 0 Å². The van der Waals surface area contributed by atoms with Gasteiger partial charge in [0.2, 0.25) is 5.91 Å². The third-order valence-corrected chi connectivity index (χ3v) is 4.25. The number of benzene rings is 1. The van der Waals surface area contributed by atoms with Gasteiger partial charge in [-0.2, -0.15) is 13.2 Å². The molecular formula is C16H19ClF4N2O2. The first kappa shape index (κ1) is 19.9. The Kier molecular flexibility index (Phi) is 7.04. The maximum Gasteiger partial charge on any atom is 0.411 e. The molecule has 1 heterocycles. The van der Waals surface area contributed by atoms with Crippen molar-refractivity contribution in [1.29, 1.82) is 0 Å². The molecule has 1 saturated heterocycles. The van der Waals surface area contributed by atoms with E-state index in [1.165, 1.54) is 6.07 Å². The lowest BCUT2D eigenvalue weighted by Crippen LogP contribution is -2.48. The Bertz CT molecular complexity index is 570. The quantitative estimate of drug-likeness (QED) is 0.560. The summed E-state index contributed by atoms with van der Waals surface area (Å²) in [6.45, 7) is 0.692. The van der Waals surface area contributed by atoms with Crippen molar-refractivity contribution < 1.29 is 27.1 Å². The van der Waals surface area contributed by atoms with Gasteiger partial charge in [0.1, 0.15) is 12.4 Å². The Morgan fingerprint density at radius 3 is 2.48 bits per heavy atom. The molecule has 1 aromatic rings. The van der Waals surface area contributed by atoms with E-state index in [-0.39, 0.29) is 24.8 Å². The van der Waals surface area contributed by atoms with Crippen molar-refractivity contribution in [3.05, 3.63) is 34.6 Å². The third-order valence-electron chi connectivity index (χ3n) is 3.89. The lowest BCUT2D eigenvalue weighted by Gasteiger charge is -2.35. The average Bonchev–Trinajstić information content (AvgIpc) is 2.55. The predicted molar refractivity (Wildman–Crippen MR) is 84.8 cm³/mol. The van der Waals surface area contributed by atoms with E-state index in [9.17, 15) is 22.4 Å². The zero-order chi connectivity index (χ0) is 18.4. The molecule has 1 aliphatic rings. The van der Waals surface area contributed by atoms with Crippen LogP contribution < -0.4 is 0 Å². The first-order valence-electron chi connectivity index (χ1n) is 7.84. The number of alkyl halides is 3. The van der Waals surface area contributed by atoms with Crippen molar-refractivity contribution >= 4 is 17.5 Å². The Morgan fingerprint density at radius 2 is 1.88 bits per heavy atom. The molecule has 2 rings (SSSR count). The van der Waals surface area contributed by atoms with Crippen LogP contribution in [0.5, 0.6) is 0 Å². The van der Waals surface area contributed by atoms with E-state index in [4.69, 9.17) is 11.6 Å². The van der Waals surface area contributed by atoms with Crippen LogP contribution in [0.4, 0.5) is 17.6 Å². The molecule has 25 heavy (non-hydrogen) atoms. The highest BCUT2D eigenvalue weighted by atomic mass is 35.5. The molecular weight excluding hydrogens is 364 g/mol. The SMILES string of the molecule is O=C(CCOCC(F)(F)F)N1CCN(Cc2c(F)cccc2Cl)CC1.